The number of aromatic nitrogens is 2. The third-order valence-corrected chi connectivity index (χ3v) is 5.32. The van der Waals surface area contributed by atoms with Crippen LogP contribution in [-0.2, 0) is 4.74 Å². The number of nitrogen functional groups attached to an aromatic ring is 1. The molecule has 5 nitrogen and oxygen atoms in total. The first-order chi connectivity index (χ1) is 10.7. The van der Waals surface area contributed by atoms with Crippen molar-refractivity contribution < 1.29 is 9.53 Å². The van der Waals surface area contributed by atoms with Crippen molar-refractivity contribution >= 4 is 56.3 Å². The summed E-state index contributed by atoms with van der Waals surface area (Å²) in [5.41, 5.74) is 8.33. The summed E-state index contributed by atoms with van der Waals surface area (Å²) in [4.78, 5) is 22.2. The molecule has 0 saturated carbocycles. The number of nitrogens with zero attached hydrogens (tertiary/aromatic N) is 2. The van der Waals surface area contributed by atoms with Crippen molar-refractivity contribution in [2.75, 3.05) is 18.6 Å². The standard InChI is InChI=1S/C14H13N3O2S3/c1-3-19-13(18)11-9(15)8-10(7-4-5-21-6-7)16-14(20-2)17-12(8)22-11/h4-6H,3,15H2,1-2H3. The summed E-state index contributed by atoms with van der Waals surface area (Å²) in [6.07, 6.45) is 1.92. The number of nitrogens with two attached hydrogens (primary N) is 1. The topological polar surface area (TPSA) is 78.1 Å². The smallest absolute Gasteiger partial charge is 0.350 e. The van der Waals surface area contributed by atoms with E-state index >= 15 is 0 Å². The van der Waals surface area contributed by atoms with E-state index in [4.69, 9.17) is 10.5 Å². The lowest BCUT2D eigenvalue weighted by molar-refractivity contribution is 0.0533. The first-order valence-corrected chi connectivity index (χ1v) is 9.47. The van der Waals surface area contributed by atoms with Gasteiger partial charge in [0, 0.05) is 10.9 Å². The van der Waals surface area contributed by atoms with Crippen molar-refractivity contribution in [2.45, 2.75) is 12.1 Å². The summed E-state index contributed by atoms with van der Waals surface area (Å²) < 4.78 is 5.07. The van der Waals surface area contributed by atoms with Crippen molar-refractivity contribution in [3.05, 3.63) is 21.7 Å². The minimum Gasteiger partial charge on any atom is -0.462 e. The van der Waals surface area contributed by atoms with Crippen molar-refractivity contribution in [3.8, 4) is 11.3 Å². The van der Waals surface area contributed by atoms with E-state index in [0.29, 0.717) is 27.2 Å². The third-order valence-electron chi connectivity index (χ3n) is 3.01. The van der Waals surface area contributed by atoms with E-state index in [9.17, 15) is 4.79 Å². The van der Waals surface area contributed by atoms with E-state index in [1.54, 1.807) is 18.3 Å². The van der Waals surface area contributed by atoms with E-state index in [1.807, 2.05) is 23.1 Å². The fraction of sp³-hybridized carbons (Fsp3) is 0.214. The molecule has 3 rings (SSSR count). The molecule has 0 atom stereocenters. The molecule has 0 radical (unpaired) electrons. The number of esters is 1. The number of fused-ring (bicyclic) bond motifs is 1. The maximum absolute atomic E-state index is 12.0. The summed E-state index contributed by atoms with van der Waals surface area (Å²) in [5, 5.41) is 5.37. The van der Waals surface area contributed by atoms with Crippen LogP contribution >= 0.6 is 34.4 Å². The second-order valence-electron chi connectivity index (χ2n) is 4.32. The molecular formula is C14H13N3O2S3. The Kier molecular flexibility index (Phi) is 4.32. The third kappa shape index (κ3) is 2.57. The monoisotopic (exact) mass is 351 g/mol. The zero-order valence-corrected chi connectivity index (χ0v) is 14.4. The number of thiophene rings is 2. The van der Waals surface area contributed by atoms with Gasteiger partial charge in [-0.1, -0.05) is 11.8 Å². The Morgan fingerprint density at radius 1 is 1.45 bits per heavy atom. The van der Waals surface area contributed by atoms with Gasteiger partial charge in [0.2, 0.25) is 0 Å². The number of anilines is 1. The van der Waals surface area contributed by atoms with Crippen LogP contribution in [0.25, 0.3) is 21.5 Å². The van der Waals surface area contributed by atoms with E-state index in [1.165, 1.54) is 23.1 Å². The minimum absolute atomic E-state index is 0.311. The lowest BCUT2D eigenvalue weighted by Crippen LogP contribution is -2.05. The van der Waals surface area contributed by atoms with Crippen LogP contribution in [0.5, 0.6) is 0 Å². The summed E-state index contributed by atoms with van der Waals surface area (Å²) in [6, 6.07) is 1.98. The molecule has 3 aromatic heterocycles. The first-order valence-electron chi connectivity index (χ1n) is 6.49. The maximum atomic E-state index is 12.0. The van der Waals surface area contributed by atoms with Gasteiger partial charge in [-0.05, 0) is 24.6 Å². The summed E-state index contributed by atoms with van der Waals surface area (Å²) in [6.45, 7) is 2.08. The van der Waals surface area contributed by atoms with E-state index in [-0.39, 0.29) is 0 Å². The minimum atomic E-state index is -0.412. The molecular weight excluding hydrogens is 338 g/mol. The summed E-state index contributed by atoms with van der Waals surface area (Å²) in [5.74, 6) is -0.412. The maximum Gasteiger partial charge on any atom is 0.350 e. The van der Waals surface area contributed by atoms with Gasteiger partial charge in [0.05, 0.1) is 23.4 Å². The second kappa shape index (κ2) is 6.23. The Balaban J connectivity index is 2.27. The normalized spacial score (nSPS) is 11.0. The molecule has 0 amide bonds. The molecule has 2 N–H and O–H groups in total. The van der Waals surface area contributed by atoms with Crippen LogP contribution in [0, 0.1) is 0 Å². The Bertz CT molecular complexity index is 828. The van der Waals surface area contributed by atoms with Crippen molar-refractivity contribution in [1.29, 1.82) is 0 Å². The SMILES string of the molecule is CCOC(=O)c1sc2nc(SC)nc(-c3ccsc3)c2c1N. The van der Waals surface area contributed by atoms with E-state index < -0.39 is 5.97 Å². The van der Waals surface area contributed by atoms with Gasteiger partial charge < -0.3 is 10.5 Å². The van der Waals surface area contributed by atoms with Crippen LogP contribution in [0.4, 0.5) is 5.69 Å². The summed E-state index contributed by atoms with van der Waals surface area (Å²) >= 11 is 4.30. The first kappa shape index (κ1) is 15.3. The van der Waals surface area contributed by atoms with Crippen LogP contribution in [-0.4, -0.2) is 28.8 Å². The number of carbonyl (C=O) groups excluding carboxylic acids is 1. The van der Waals surface area contributed by atoms with Gasteiger partial charge in [-0.25, -0.2) is 14.8 Å². The summed E-state index contributed by atoms with van der Waals surface area (Å²) in [7, 11) is 0. The van der Waals surface area contributed by atoms with Gasteiger partial charge in [0.25, 0.3) is 0 Å². The van der Waals surface area contributed by atoms with Crippen LogP contribution in [0.3, 0.4) is 0 Å². The highest BCUT2D eigenvalue weighted by molar-refractivity contribution is 7.98. The molecule has 0 saturated heterocycles. The van der Waals surface area contributed by atoms with Gasteiger partial charge in [-0.2, -0.15) is 11.3 Å². The van der Waals surface area contributed by atoms with Crippen LogP contribution < -0.4 is 5.73 Å². The van der Waals surface area contributed by atoms with Crippen LogP contribution in [0.2, 0.25) is 0 Å². The number of thioether (sulfide) groups is 1. The number of carbonyl (C=O) groups is 1. The largest absolute Gasteiger partial charge is 0.462 e. The fourth-order valence-electron chi connectivity index (χ4n) is 2.05. The quantitative estimate of drug-likeness (QED) is 0.436. The molecule has 3 heterocycles. The Labute approximate surface area is 139 Å². The average molecular weight is 351 g/mol. The van der Waals surface area contributed by atoms with E-state index in [2.05, 4.69) is 9.97 Å². The molecule has 0 aromatic carbocycles. The van der Waals surface area contributed by atoms with Crippen molar-refractivity contribution in [1.82, 2.24) is 9.97 Å². The fourth-order valence-corrected chi connectivity index (χ4v) is 4.10. The number of ether oxygens (including phenoxy) is 1. The van der Waals surface area contributed by atoms with Crippen molar-refractivity contribution in [3.63, 3.8) is 0 Å². The zero-order chi connectivity index (χ0) is 15.7. The molecule has 0 bridgehead atoms. The molecule has 0 spiro atoms. The zero-order valence-electron chi connectivity index (χ0n) is 12.0. The lowest BCUT2D eigenvalue weighted by atomic mass is 10.1. The number of rotatable bonds is 4. The molecule has 0 unspecified atom stereocenters. The van der Waals surface area contributed by atoms with Gasteiger partial charge in [0.15, 0.2) is 5.16 Å². The number of hydrogen-bond donors (Lipinski definition) is 1. The van der Waals surface area contributed by atoms with Crippen LogP contribution in [0.15, 0.2) is 22.0 Å². The van der Waals surface area contributed by atoms with Crippen LogP contribution in [0.1, 0.15) is 16.6 Å². The molecule has 0 fully saturated rings. The molecule has 22 heavy (non-hydrogen) atoms. The van der Waals surface area contributed by atoms with Crippen molar-refractivity contribution in [2.24, 2.45) is 0 Å². The Hall–Kier alpha value is -1.64. The predicted octanol–water partition coefficient (Wildman–Crippen LogP) is 3.90. The van der Waals surface area contributed by atoms with Gasteiger partial charge in [-0.15, -0.1) is 11.3 Å². The molecule has 114 valence electrons. The van der Waals surface area contributed by atoms with Gasteiger partial charge in [-0.3, -0.25) is 0 Å². The van der Waals surface area contributed by atoms with Gasteiger partial charge >= 0.3 is 5.97 Å². The molecule has 0 aliphatic rings. The highest BCUT2D eigenvalue weighted by atomic mass is 32.2. The second-order valence-corrected chi connectivity index (χ2v) is 6.87. The molecule has 3 aromatic rings. The molecule has 8 heteroatoms. The lowest BCUT2D eigenvalue weighted by Gasteiger charge is -2.04. The Morgan fingerprint density at radius 3 is 2.91 bits per heavy atom. The molecule has 0 aliphatic carbocycles. The van der Waals surface area contributed by atoms with E-state index in [0.717, 1.165) is 16.6 Å². The number of hydrogen-bond acceptors (Lipinski definition) is 8. The average Bonchev–Trinajstić information content (AvgIpc) is 3.15. The highest BCUT2D eigenvalue weighted by Gasteiger charge is 2.22. The Morgan fingerprint density at radius 2 is 2.27 bits per heavy atom. The van der Waals surface area contributed by atoms with Gasteiger partial charge in [0.1, 0.15) is 9.71 Å². The molecule has 0 aliphatic heterocycles. The predicted molar refractivity (Wildman–Crippen MR) is 92.9 cm³/mol. The highest BCUT2D eigenvalue weighted by Crippen LogP contribution is 2.40.